The number of carbonyl (C=O) groups is 3. The molecule has 11 nitrogen and oxygen atoms in total. The first-order valence-electron chi connectivity index (χ1n) is 14.5. The number of amidine groups is 1. The van der Waals surface area contributed by atoms with Gasteiger partial charge in [-0.2, -0.15) is 0 Å². The van der Waals surface area contributed by atoms with Crippen LogP contribution in [0, 0.1) is 18.3 Å². The molecule has 12 heteroatoms. The molecule has 3 amide bonds. The maximum absolute atomic E-state index is 14.0. The summed E-state index contributed by atoms with van der Waals surface area (Å²) in [6.07, 6.45) is 5.71. The van der Waals surface area contributed by atoms with Crippen LogP contribution in [-0.4, -0.2) is 48.1 Å². The van der Waals surface area contributed by atoms with Gasteiger partial charge >= 0.3 is 0 Å². The van der Waals surface area contributed by atoms with Gasteiger partial charge < -0.3 is 33.6 Å². The second-order valence-corrected chi connectivity index (χ2v) is 11.1. The van der Waals surface area contributed by atoms with E-state index in [0.29, 0.717) is 24.9 Å². The lowest BCUT2D eigenvalue weighted by Gasteiger charge is -2.32. The molecule has 1 saturated carbocycles. The highest BCUT2D eigenvalue weighted by molar-refractivity contribution is 5.95. The number of aliphatic imine (C=N–C) groups is 1. The fourth-order valence-corrected chi connectivity index (χ4v) is 5.39. The number of amides is 3. The predicted molar refractivity (Wildman–Crippen MR) is 172 cm³/mol. The van der Waals surface area contributed by atoms with E-state index in [-0.39, 0.29) is 42.4 Å². The first kappa shape index (κ1) is 35.1. The first-order chi connectivity index (χ1) is 20.0. The average molecular weight is 613 g/mol. The Hall–Kier alpha value is -4.12. The Bertz CT molecular complexity index is 1260. The molecule has 0 aromatic heterocycles. The number of hydrogen-bond donors (Lipinski definition) is 7. The lowest BCUT2D eigenvalue weighted by molar-refractivity contribution is -0.133. The summed E-state index contributed by atoms with van der Waals surface area (Å²) in [5, 5.41) is 13.5. The zero-order valence-corrected chi connectivity index (χ0v) is 25.5. The first-order valence-corrected chi connectivity index (χ1v) is 14.5. The zero-order valence-electron chi connectivity index (χ0n) is 24.7. The van der Waals surface area contributed by atoms with E-state index in [9.17, 15) is 14.4 Å². The highest BCUT2D eigenvalue weighted by Gasteiger charge is 2.35. The number of halogens is 1. The molecule has 1 aliphatic carbocycles. The van der Waals surface area contributed by atoms with E-state index in [1.165, 1.54) is 0 Å². The lowest BCUT2D eigenvalue weighted by atomic mass is 9.82. The van der Waals surface area contributed by atoms with Gasteiger partial charge in [0.15, 0.2) is 5.96 Å². The Morgan fingerprint density at radius 2 is 1.53 bits per heavy atom. The molecule has 3 atom stereocenters. The molecular formula is C31H45ClN8O3. The summed E-state index contributed by atoms with van der Waals surface area (Å²) >= 11 is 0. The number of rotatable bonds is 14. The van der Waals surface area contributed by atoms with Crippen molar-refractivity contribution in [3.05, 3.63) is 70.8 Å². The van der Waals surface area contributed by atoms with Gasteiger partial charge in [-0.25, -0.2) is 0 Å². The third-order valence-electron chi connectivity index (χ3n) is 7.81. The summed E-state index contributed by atoms with van der Waals surface area (Å²) < 4.78 is 0. The molecular weight excluding hydrogens is 568 g/mol. The number of carbonyl (C=O) groups excluding carboxylic acids is 3. The number of nitrogens with zero attached hydrogens (tertiary/aromatic N) is 1. The molecule has 43 heavy (non-hydrogen) atoms. The predicted octanol–water partition coefficient (Wildman–Crippen LogP) is 2.12. The van der Waals surface area contributed by atoms with E-state index in [4.69, 9.17) is 28.3 Å². The van der Waals surface area contributed by atoms with Crippen LogP contribution < -0.4 is 33.6 Å². The molecule has 0 heterocycles. The van der Waals surface area contributed by atoms with Gasteiger partial charge in [-0.1, -0.05) is 73.4 Å². The molecule has 0 spiro atoms. The third-order valence-corrected chi connectivity index (χ3v) is 7.81. The van der Waals surface area contributed by atoms with Crippen LogP contribution in [0.1, 0.15) is 73.1 Å². The molecule has 1 aliphatic rings. The Morgan fingerprint density at radius 3 is 2.09 bits per heavy atom. The van der Waals surface area contributed by atoms with Crippen molar-refractivity contribution >= 4 is 41.9 Å². The summed E-state index contributed by atoms with van der Waals surface area (Å²) in [5.74, 6) is -2.06. The molecule has 1 fully saturated rings. The van der Waals surface area contributed by atoms with Gasteiger partial charge in [0.2, 0.25) is 17.7 Å². The topological polar surface area (TPSA) is 216 Å². The summed E-state index contributed by atoms with van der Waals surface area (Å²) in [4.78, 5) is 43.8. The van der Waals surface area contributed by atoms with Crippen molar-refractivity contribution in [2.75, 3.05) is 6.54 Å². The highest BCUT2D eigenvalue weighted by Crippen LogP contribution is 2.28. The smallest absolute Gasteiger partial charge is 0.243 e. The van der Waals surface area contributed by atoms with E-state index in [0.717, 1.165) is 48.8 Å². The van der Waals surface area contributed by atoms with Crippen LogP contribution in [-0.2, 0) is 20.8 Å². The second kappa shape index (κ2) is 17.1. The number of primary amides is 1. The Labute approximate surface area is 259 Å². The molecule has 2 aromatic rings. The summed E-state index contributed by atoms with van der Waals surface area (Å²) in [5.41, 5.74) is 25.4. The number of nitrogens with one attached hydrogen (secondary N) is 3. The maximum atomic E-state index is 14.0. The van der Waals surface area contributed by atoms with E-state index >= 15 is 0 Å². The van der Waals surface area contributed by atoms with Crippen LogP contribution in [0.2, 0.25) is 0 Å². The fourth-order valence-electron chi connectivity index (χ4n) is 5.39. The fraction of sp³-hybridized carbons (Fsp3) is 0.452. The van der Waals surface area contributed by atoms with Crippen molar-refractivity contribution in [2.45, 2.75) is 76.3 Å². The molecule has 0 aliphatic heterocycles. The standard InChI is InChI=1S/C31H44N8O3.ClH/c1-19-9-13-21(14-10-19)24(18-20-11-15-23(16-12-20)27(32)33)29(41)39-26(22-6-3-2-4-7-22)30(42)38-25(28(34)40)8-5-17-37-31(35)36;/h9-16,22,24-26H,2-8,17-18H2,1H3,(H3,32,33)(H2,34,40)(H,38,42)(H,39,41)(H4,35,36,37);1H/t24?,25-,26-;/m0./s1. The number of nitrogen functional groups attached to an aromatic ring is 1. The molecule has 2 aromatic carbocycles. The van der Waals surface area contributed by atoms with Gasteiger partial charge in [-0.05, 0) is 56.1 Å². The normalized spacial score (nSPS) is 15.2. The van der Waals surface area contributed by atoms with Crippen LogP contribution in [0.15, 0.2) is 53.5 Å². The Kier molecular flexibility index (Phi) is 14.0. The third kappa shape index (κ3) is 10.9. The SMILES string of the molecule is Cc1ccc(C(Cc2ccc(C(=N)N)cc2)C(=O)N[C@H](C(=O)N[C@@H](CCCN=C(N)N)C(N)=O)C2CCCCC2)cc1.Cl. The van der Waals surface area contributed by atoms with E-state index in [1.54, 1.807) is 12.1 Å². The van der Waals surface area contributed by atoms with Crippen molar-refractivity contribution in [3.8, 4) is 0 Å². The zero-order chi connectivity index (χ0) is 30.6. The number of benzene rings is 2. The van der Waals surface area contributed by atoms with Gasteiger partial charge in [0.25, 0.3) is 0 Å². The maximum Gasteiger partial charge on any atom is 0.243 e. The number of aryl methyl sites for hydroxylation is 1. The molecule has 3 rings (SSSR count). The van der Waals surface area contributed by atoms with Gasteiger partial charge in [0.05, 0.1) is 5.92 Å². The molecule has 0 saturated heterocycles. The monoisotopic (exact) mass is 612 g/mol. The minimum Gasteiger partial charge on any atom is -0.384 e. The summed E-state index contributed by atoms with van der Waals surface area (Å²) in [6, 6.07) is 13.3. The van der Waals surface area contributed by atoms with Crippen LogP contribution in [0.3, 0.4) is 0 Å². The number of hydrogen-bond acceptors (Lipinski definition) is 5. The van der Waals surface area contributed by atoms with Crippen molar-refractivity contribution in [2.24, 2.45) is 33.8 Å². The van der Waals surface area contributed by atoms with Crippen LogP contribution in [0.5, 0.6) is 0 Å². The van der Waals surface area contributed by atoms with Crippen molar-refractivity contribution in [1.82, 2.24) is 10.6 Å². The Morgan fingerprint density at radius 1 is 0.907 bits per heavy atom. The molecule has 11 N–H and O–H groups in total. The lowest BCUT2D eigenvalue weighted by Crippen LogP contribution is -2.56. The van der Waals surface area contributed by atoms with Gasteiger partial charge in [0.1, 0.15) is 17.9 Å². The van der Waals surface area contributed by atoms with Crippen molar-refractivity contribution < 1.29 is 14.4 Å². The molecule has 0 bridgehead atoms. The second-order valence-electron chi connectivity index (χ2n) is 11.1. The van der Waals surface area contributed by atoms with E-state index in [1.807, 2.05) is 43.3 Å². The summed E-state index contributed by atoms with van der Waals surface area (Å²) in [6.45, 7) is 2.28. The average Bonchev–Trinajstić information content (AvgIpc) is 2.97. The minimum atomic E-state index is -0.914. The molecule has 0 radical (unpaired) electrons. The van der Waals surface area contributed by atoms with Crippen LogP contribution >= 0.6 is 12.4 Å². The van der Waals surface area contributed by atoms with E-state index < -0.39 is 29.8 Å². The van der Waals surface area contributed by atoms with E-state index in [2.05, 4.69) is 15.6 Å². The number of guanidine groups is 1. The quantitative estimate of drug-likeness (QED) is 0.0962. The highest BCUT2D eigenvalue weighted by atomic mass is 35.5. The van der Waals surface area contributed by atoms with Gasteiger partial charge in [-0.15, -0.1) is 12.4 Å². The van der Waals surface area contributed by atoms with Crippen LogP contribution in [0.4, 0.5) is 0 Å². The van der Waals surface area contributed by atoms with Gasteiger partial charge in [-0.3, -0.25) is 24.8 Å². The minimum absolute atomic E-state index is 0. The Balaban J connectivity index is 0.00000645. The van der Waals surface area contributed by atoms with Crippen molar-refractivity contribution in [1.29, 1.82) is 5.41 Å². The largest absolute Gasteiger partial charge is 0.384 e. The van der Waals surface area contributed by atoms with Gasteiger partial charge in [0, 0.05) is 12.1 Å². The molecule has 1 unspecified atom stereocenters. The number of nitrogens with two attached hydrogens (primary N) is 4. The van der Waals surface area contributed by atoms with Crippen molar-refractivity contribution in [3.63, 3.8) is 0 Å². The van der Waals surface area contributed by atoms with Crippen LogP contribution in [0.25, 0.3) is 0 Å². The molecule has 234 valence electrons. The summed E-state index contributed by atoms with van der Waals surface area (Å²) in [7, 11) is 0.